The van der Waals surface area contributed by atoms with E-state index in [9.17, 15) is 22.8 Å². The van der Waals surface area contributed by atoms with Crippen molar-refractivity contribution in [1.82, 2.24) is 0 Å². The number of hydrogen-bond donors (Lipinski definition) is 0. The van der Waals surface area contributed by atoms with Gasteiger partial charge in [-0.25, -0.2) is 0 Å². The molecule has 0 atom stereocenters. The maximum Gasteiger partial charge on any atom is 0.449 e. The van der Waals surface area contributed by atoms with E-state index in [1.807, 2.05) is 0 Å². The Kier molecular flexibility index (Phi) is 3.52. The summed E-state index contributed by atoms with van der Waals surface area (Å²) < 4.78 is 46.9. The number of alkyl halides is 3. The molecule has 106 valence electrons. The molecule has 0 fully saturated rings. The quantitative estimate of drug-likeness (QED) is 0.796. The van der Waals surface area contributed by atoms with E-state index in [0.717, 1.165) is 0 Å². The summed E-state index contributed by atoms with van der Waals surface area (Å²) in [6.07, 6.45) is -4.72. The summed E-state index contributed by atoms with van der Waals surface area (Å²) in [5, 5.41) is 0.00246. The third kappa shape index (κ3) is 2.98. The van der Waals surface area contributed by atoms with Gasteiger partial charge in [0, 0.05) is 13.0 Å². The van der Waals surface area contributed by atoms with Crippen LogP contribution in [0.4, 0.5) is 13.2 Å². The fourth-order valence-electron chi connectivity index (χ4n) is 1.62. The zero-order valence-electron chi connectivity index (χ0n) is 10.3. The second-order valence-electron chi connectivity index (χ2n) is 4.08. The molecule has 0 amide bonds. The van der Waals surface area contributed by atoms with Gasteiger partial charge in [-0.3, -0.25) is 9.59 Å². The highest BCUT2D eigenvalue weighted by molar-refractivity contribution is 5.77. The third-order valence-electron chi connectivity index (χ3n) is 2.51. The average molecular weight is 286 g/mol. The van der Waals surface area contributed by atoms with Gasteiger partial charge in [0.05, 0.1) is 5.39 Å². The van der Waals surface area contributed by atoms with Crippen molar-refractivity contribution in [2.45, 2.75) is 19.7 Å². The van der Waals surface area contributed by atoms with E-state index >= 15 is 0 Å². The molecule has 4 nitrogen and oxygen atoms in total. The lowest BCUT2D eigenvalue weighted by molar-refractivity contribution is -0.153. The molecule has 0 saturated heterocycles. The van der Waals surface area contributed by atoms with Crippen molar-refractivity contribution < 1.29 is 27.1 Å². The number of ether oxygens (including phenoxy) is 1. The lowest BCUT2D eigenvalue weighted by Crippen LogP contribution is -2.11. The van der Waals surface area contributed by atoms with E-state index in [1.54, 1.807) is 0 Å². The van der Waals surface area contributed by atoms with Crippen molar-refractivity contribution in [3.8, 4) is 0 Å². The van der Waals surface area contributed by atoms with Gasteiger partial charge >= 0.3 is 12.1 Å². The first kappa shape index (κ1) is 14.1. The second kappa shape index (κ2) is 4.99. The van der Waals surface area contributed by atoms with E-state index in [0.29, 0.717) is 11.6 Å². The molecule has 0 aliphatic carbocycles. The van der Waals surface area contributed by atoms with Crippen LogP contribution in [0.15, 0.2) is 33.5 Å². The van der Waals surface area contributed by atoms with Crippen LogP contribution in [0.25, 0.3) is 11.0 Å². The van der Waals surface area contributed by atoms with Crippen molar-refractivity contribution in [3.05, 3.63) is 45.8 Å². The average Bonchev–Trinajstić information content (AvgIpc) is 2.35. The molecule has 7 heteroatoms. The van der Waals surface area contributed by atoms with E-state index in [1.165, 1.54) is 25.1 Å². The Labute approximate surface area is 110 Å². The Morgan fingerprint density at radius 2 is 2.00 bits per heavy atom. The molecule has 0 bridgehead atoms. The smallest absolute Gasteiger partial charge is 0.449 e. The zero-order chi connectivity index (χ0) is 14.9. The summed E-state index contributed by atoms with van der Waals surface area (Å²) in [4.78, 5) is 22.3. The molecule has 0 aliphatic heterocycles. The van der Waals surface area contributed by atoms with Crippen LogP contribution in [-0.2, 0) is 22.3 Å². The molecule has 0 spiro atoms. The van der Waals surface area contributed by atoms with E-state index < -0.39 is 23.3 Å². The Morgan fingerprint density at radius 3 is 2.60 bits per heavy atom. The molecule has 2 aromatic rings. The minimum Gasteiger partial charge on any atom is -0.461 e. The molecule has 0 unspecified atom stereocenters. The minimum absolute atomic E-state index is 0.00246. The number of carbonyl (C=O) groups is 1. The van der Waals surface area contributed by atoms with Crippen LogP contribution in [0.5, 0.6) is 0 Å². The molecular weight excluding hydrogens is 277 g/mol. The van der Waals surface area contributed by atoms with Crippen LogP contribution in [0.2, 0.25) is 0 Å². The Morgan fingerprint density at radius 1 is 1.30 bits per heavy atom. The highest BCUT2D eigenvalue weighted by Gasteiger charge is 2.34. The van der Waals surface area contributed by atoms with E-state index in [4.69, 9.17) is 4.74 Å². The number of benzene rings is 1. The summed E-state index contributed by atoms with van der Waals surface area (Å²) in [5.41, 5.74) is -0.487. The molecule has 1 aromatic heterocycles. The van der Waals surface area contributed by atoms with Crippen LogP contribution >= 0.6 is 0 Å². The van der Waals surface area contributed by atoms with Gasteiger partial charge in [-0.15, -0.1) is 0 Å². The molecule has 0 aliphatic rings. The van der Waals surface area contributed by atoms with Crippen LogP contribution in [0.1, 0.15) is 18.2 Å². The summed E-state index contributed by atoms with van der Waals surface area (Å²) >= 11 is 0. The van der Waals surface area contributed by atoms with Gasteiger partial charge in [0.1, 0.15) is 12.2 Å². The van der Waals surface area contributed by atoms with Gasteiger partial charge in [-0.1, -0.05) is 6.07 Å². The number of hydrogen-bond acceptors (Lipinski definition) is 4. The predicted octanol–water partition coefficient (Wildman–Crippen LogP) is 2.87. The first-order chi connectivity index (χ1) is 9.27. The number of carbonyl (C=O) groups excluding carboxylic acids is 1. The van der Waals surface area contributed by atoms with Crippen molar-refractivity contribution in [1.29, 1.82) is 0 Å². The van der Waals surface area contributed by atoms with Gasteiger partial charge in [-0.2, -0.15) is 13.2 Å². The van der Waals surface area contributed by atoms with Crippen molar-refractivity contribution in [3.63, 3.8) is 0 Å². The van der Waals surface area contributed by atoms with Gasteiger partial charge in [0.15, 0.2) is 5.43 Å². The van der Waals surface area contributed by atoms with Gasteiger partial charge in [0.2, 0.25) is 5.76 Å². The van der Waals surface area contributed by atoms with Gasteiger partial charge < -0.3 is 9.15 Å². The lowest BCUT2D eigenvalue weighted by Gasteiger charge is -2.07. The number of rotatable bonds is 2. The molecule has 1 aromatic carbocycles. The highest BCUT2D eigenvalue weighted by Crippen LogP contribution is 2.30. The van der Waals surface area contributed by atoms with E-state index in [2.05, 4.69) is 4.42 Å². The summed E-state index contributed by atoms with van der Waals surface area (Å²) in [5.74, 6) is -1.84. The molecule has 0 N–H and O–H groups in total. The highest BCUT2D eigenvalue weighted by atomic mass is 19.4. The molecule has 0 saturated carbocycles. The Hall–Kier alpha value is -2.31. The summed E-state index contributed by atoms with van der Waals surface area (Å²) in [7, 11) is 0. The fourth-order valence-corrected chi connectivity index (χ4v) is 1.62. The topological polar surface area (TPSA) is 56.5 Å². The minimum atomic E-state index is -4.72. The third-order valence-corrected chi connectivity index (χ3v) is 2.51. The van der Waals surface area contributed by atoms with Gasteiger partial charge in [-0.05, 0) is 17.7 Å². The molecule has 2 rings (SSSR count). The molecule has 20 heavy (non-hydrogen) atoms. The van der Waals surface area contributed by atoms with Crippen molar-refractivity contribution in [2.75, 3.05) is 0 Å². The molecular formula is C13H9F3O4. The summed E-state index contributed by atoms with van der Waals surface area (Å²) in [6, 6.07) is 4.40. The van der Waals surface area contributed by atoms with Crippen LogP contribution in [-0.4, -0.2) is 5.97 Å². The Balaban J connectivity index is 2.47. The number of fused-ring (bicyclic) bond motifs is 1. The van der Waals surface area contributed by atoms with Crippen LogP contribution < -0.4 is 5.43 Å². The van der Waals surface area contributed by atoms with E-state index in [-0.39, 0.29) is 17.6 Å². The normalized spacial score (nSPS) is 11.6. The molecule has 1 heterocycles. The number of esters is 1. The fraction of sp³-hybridized carbons (Fsp3) is 0.231. The first-order valence-corrected chi connectivity index (χ1v) is 5.55. The largest absolute Gasteiger partial charge is 0.461 e. The van der Waals surface area contributed by atoms with Crippen molar-refractivity contribution in [2.24, 2.45) is 0 Å². The first-order valence-electron chi connectivity index (χ1n) is 5.55. The number of halogens is 3. The monoisotopic (exact) mass is 286 g/mol. The SMILES string of the molecule is CC(=O)OCc1ccc2oc(C(F)(F)F)cc(=O)c2c1. The maximum absolute atomic E-state index is 12.5. The maximum atomic E-state index is 12.5. The zero-order valence-corrected chi connectivity index (χ0v) is 10.3. The Bertz CT molecular complexity index is 716. The lowest BCUT2D eigenvalue weighted by atomic mass is 10.1. The standard InChI is InChI=1S/C13H9F3O4/c1-7(17)19-6-8-2-3-11-9(4-8)10(18)5-12(20-11)13(14,15)16/h2-5H,6H2,1H3. The molecule has 0 radical (unpaired) electrons. The van der Waals surface area contributed by atoms with Crippen LogP contribution in [0, 0.1) is 0 Å². The summed E-state index contributed by atoms with van der Waals surface area (Å²) in [6.45, 7) is 1.16. The van der Waals surface area contributed by atoms with Gasteiger partial charge in [0.25, 0.3) is 0 Å². The van der Waals surface area contributed by atoms with Crippen LogP contribution in [0.3, 0.4) is 0 Å². The second-order valence-corrected chi connectivity index (χ2v) is 4.08. The van der Waals surface area contributed by atoms with Crippen molar-refractivity contribution >= 4 is 16.9 Å². The predicted molar refractivity (Wildman–Crippen MR) is 63.0 cm³/mol.